The standard InChI is InChI=1S/C11H10O2S/c1-7-6-9(8(2)13-7)11(14)10-4-3-5-12-10/h3-6H,1-2H3. The van der Waals surface area contributed by atoms with Gasteiger partial charge in [-0.3, -0.25) is 0 Å². The lowest BCUT2D eigenvalue weighted by atomic mass is 10.1. The molecule has 0 fully saturated rings. The van der Waals surface area contributed by atoms with Crippen LogP contribution in [0.15, 0.2) is 33.3 Å². The zero-order valence-electron chi connectivity index (χ0n) is 8.03. The van der Waals surface area contributed by atoms with E-state index in [0.29, 0.717) is 10.6 Å². The van der Waals surface area contributed by atoms with E-state index in [2.05, 4.69) is 0 Å². The van der Waals surface area contributed by atoms with Crippen molar-refractivity contribution in [3.63, 3.8) is 0 Å². The summed E-state index contributed by atoms with van der Waals surface area (Å²) in [5, 5.41) is 0. The Hall–Kier alpha value is -1.35. The van der Waals surface area contributed by atoms with Gasteiger partial charge in [-0.05, 0) is 32.0 Å². The van der Waals surface area contributed by atoms with Crippen LogP contribution in [0.1, 0.15) is 22.8 Å². The molecule has 0 saturated carbocycles. The topological polar surface area (TPSA) is 26.3 Å². The molecule has 2 nitrogen and oxygen atoms in total. The molecular weight excluding hydrogens is 196 g/mol. The number of aryl methyl sites for hydroxylation is 2. The number of hydrogen-bond acceptors (Lipinski definition) is 3. The van der Waals surface area contributed by atoms with Crippen molar-refractivity contribution >= 4 is 17.1 Å². The van der Waals surface area contributed by atoms with Crippen LogP contribution in [0.25, 0.3) is 0 Å². The predicted octanol–water partition coefficient (Wildman–Crippen LogP) is 3.26. The van der Waals surface area contributed by atoms with Gasteiger partial charge in [0.05, 0.1) is 11.1 Å². The Balaban J connectivity index is 2.41. The summed E-state index contributed by atoms with van der Waals surface area (Å²) in [6.45, 7) is 3.80. The number of furan rings is 2. The summed E-state index contributed by atoms with van der Waals surface area (Å²) in [5.74, 6) is 2.42. The quantitative estimate of drug-likeness (QED) is 0.557. The number of rotatable bonds is 2. The van der Waals surface area contributed by atoms with E-state index >= 15 is 0 Å². The minimum Gasteiger partial charge on any atom is -0.466 e. The molecule has 0 atom stereocenters. The van der Waals surface area contributed by atoms with Gasteiger partial charge in [-0.15, -0.1) is 0 Å². The molecule has 2 aromatic rings. The van der Waals surface area contributed by atoms with Gasteiger partial charge in [0.25, 0.3) is 0 Å². The number of hydrogen-bond donors (Lipinski definition) is 0. The van der Waals surface area contributed by atoms with Crippen LogP contribution in [0.2, 0.25) is 0 Å². The maximum Gasteiger partial charge on any atom is 0.145 e. The van der Waals surface area contributed by atoms with Gasteiger partial charge in [0, 0.05) is 5.56 Å². The molecule has 72 valence electrons. The molecule has 0 bridgehead atoms. The lowest BCUT2D eigenvalue weighted by molar-refractivity contribution is 0.504. The van der Waals surface area contributed by atoms with Crippen molar-refractivity contribution in [2.24, 2.45) is 0 Å². The summed E-state index contributed by atoms with van der Waals surface area (Å²) in [5.41, 5.74) is 0.937. The van der Waals surface area contributed by atoms with Gasteiger partial charge < -0.3 is 8.83 Å². The second-order valence-corrected chi connectivity index (χ2v) is 3.54. The first-order chi connectivity index (χ1) is 6.68. The second kappa shape index (κ2) is 3.42. The van der Waals surface area contributed by atoms with Crippen molar-refractivity contribution in [2.75, 3.05) is 0 Å². The Labute approximate surface area is 87.5 Å². The highest BCUT2D eigenvalue weighted by atomic mass is 32.1. The summed E-state index contributed by atoms with van der Waals surface area (Å²) >= 11 is 5.29. The predicted molar refractivity (Wildman–Crippen MR) is 57.7 cm³/mol. The van der Waals surface area contributed by atoms with Crippen LogP contribution in [0, 0.1) is 13.8 Å². The zero-order valence-corrected chi connectivity index (χ0v) is 8.85. The lowest BCUT2D eigenvalue weighted by Crippen LogP contribution is -1.97. The van der Waals surface area contributed by atoms with E-state index in [1.54, 1.807) is 6.26 Å². The van der Waals surface area contributed by atoms with E-state index in [1.165, 1.54) is 0 Å². The second-order valence-electron chi connectivity index (χ2n) is 3.13. The molecular formula is C11H10O2S. The van der Waals surface area contributed by atoms with Crippen molar-refractivity contribution < 1.29 is 8.83 Å². The molecule has 0 aliphatic carbocycles. The van der Waals surface area contributed by atoms with Gasteiger partial charge in [0.1, 0.15) is 17.3 Å². The fraction of sp³-hybridized carbons (Fsp3) is 0.182. The summed E-state index contributed by atoms with van der Waals surface area (Å²) in [4.78, 5) is 0.698. The summed E-state index contributed by atoms with van der Waals surface area (Å²) < 4.78 is 10.6. The lowest BCUT2D eigenvalue weighted by Gasteiger charge is -1.96. The molecule has 2 rings (SSSR count). The Bertz CT molecular complexity index is 452. The molecule has 0 aliphatic rings. The van der Waals surface area contributed by atoms with Crippen LogP contribution in [0.5, 0.6) is 0 Å². The highest BCUT2D eigenvalue weighted by molar-refractivity contribution is 7.81. The average molecular weight is 206 g/mol. The fourth-order valence-corrected chi connectivity index (χ4v) is 1.72. The molecule has 0 saturated heterocycles. The van der Waals surface area contributed by atoms with Crippen molar-refractivity contribution in [1.29, 1.82) is 0 Å². The van der Waals surface area contributed by atoms with Crippen LogP contribution < -0.4 is 0 Å². The first-order valence-electron chi connectivity index (χ1n) is 4.33. The normalized spacial score (nSPS) is 10.4. The summed E-state index contributed by atoms with van der Waals surface area (Å²) in [6.07, 6.45) is 1.61. The van der Waals surface area contributed by atoms with Crippen LogP contribution in [-0.4, -0.2) is 4.86 Å². The molecule has 2 aromatic heterocycles. The first kappa shape index (κ1) is 9.21. The average Bonchev–Trinajstić information content (AvgIpc) is 2.73. The largest absolute Gasteiger partial charge is 0.466 e. The van der Waals surface area contributed by atoms with Crippen LogP contribution in [0.3, 0.4) is 0 Å². The molecule has 0 unspecified atom stereocenters. The third-order valence-corrected chi connectivity index (χ3v) is 2.45. The fourth-order valence-electron chi connectivity index (χ4n) is 1.40. The molecule has 0 aromatic carbocycles. The molecule has 0 amide bonds. The molecule has 0 spiro atoms. The number of thiocarbonyl (C=S) groups is 1. The van der Waals surface area contributed by atoms with Gasteiger partial charge in [-0.1, -0.05) is 12.2 Å². The minimum atomic E-state index is 0.698. The van der Waals surface area contributed by atoms with Crippen LogP contribution in [0.4, 0.5) is 0 Å². The molecule has 14 heavy (non-hydrogen) atoms. The monoisotopic (exact) mass is 206 g/mol. The van der Waals surface area contributed by atoms with Crippen LogP contribution in [-0.2, 0) is 0 Å². The molecule has 0 aliphatic heterocycles. The van der Waals surface area contributed by atoms with E-state index in [4.69, 9.17) is 21.1 Å². The summed E-state index contributed by atoms with van der Waals surface area (Å²) in [6, 6.07) is 5.61. The van der Waals surface area contributed by atoms with E-state index in [9.17, 15) is 0 Å². The van der Waals surface area contributed by atoms with Gasteiger partial charge in [-0.25, -0.2) is 0 Å². The van der Waals surface area contributed by atoms with Crippen molar-refractivity contribution in [3.8, 4) is 0 Å². The van der Waals surface area contributed by atoms with Gasteiger partial charge >= 0.3 is 0 Å². The van der Waals surface area contributed by atoms with Crippen molar-refractivity contribution in [3.05, 3.63) is 47.3 Å². The third kappa shape index (κ3) is 1.51. The highest BCUT2D eigenvalue weighted by Gasteiger charge is 2.13. The van der Waals surface area contributed by atoms with Gasteiger partial charge in [0.15, 0.2) is 0 Å². The van der Waals surface area contributed by atoms with Crippen molar-refractivity contribution in [2.45, 2.75) is 13.8 Å². The van der Waals surface area contributed by atoms with E-state index in [0.717, 1.165) is 17.1 Å². The molecule has 0 N–H and O–H groups in total. The van der Waals surface area contributed by atoms with Gasteiger partial charge in [0.2, 0.25) is 0 Å². The van der Waals surface area contributed by atoms with Crippen LogP contribution >= 0.6 is 12.2 Å². The van der Waals surface area contributed by atoms with E-state index < -0.39 is 0 Å². The highest BCUT2D eigenvalue weighted by Crippen LogP contribution is 2.19. The van der Waals surface area contributed by atoms with E-state index in [-0.39, 0.29) is 0 Å². The van der Waals surface area contributed by atoms with Gasteiger partial charge in [-0.2, -0.15) is 0 Å². The Morgan fingerprint density at radius 1 is 1.36 bits per heavy atom. The smallest absolute Gasteiger partial charge is 0.145 e. The first-order valence-corrected chi connectivity index (χ1v) is 4.74. The Morgan fingerprint density at radius 3 is 2.64 bits per heavy atom. The third-order valence-electron chi connectivity index (χ3n) is 2.03. The maximum absolute atomic E-state index is 5.40. The Kier molecular flexibility index (Phi) is 2.25. The molecule has 2 heterocycles. The maximum atomic E-state index is 5.40. The van der Waals surface area contributed by atoms with Crippen molar-refractivity contribution in [1.82, 2.24) is 0 Å². The molecule has 0 radical (unpaired) electrons. The molecule has 3 heteroatoms. The zero-order chi connectivity index (χ0) is 10.1. The minimum absolute atomic E-state index is 0.698. The SMILES string of the molecule is Cc1cc(C(=S)c2ccco2)c(C)o1. The van der Waals surface area contributed by atoms with E-state index in [1.807, 2.05) is 32.0 Å². The Morgan fingerprint density at radius 2 is 2.14 bits per heavy atom. The summed E-state index contributed by atoms with van der Waals surface area (Å²) in [7, 11) is 0.